The summed E-state index contributed by atoms with van der Waals surface area (Å²) < 4.78 is 2.52. The van der Waals surface area contributed by atoms with Crippen molar-refractivity contribution in [2.45, 2.75) is 18.8 Å². The summed E-state index contributed by atoms with van der Waals surface area (Å²) in [5.41, 5.74) is 7.25. The highest BCUT2D eigenvalue weighted by molar-refractivity contribution is 6.19. The maximum atomic E-state index is 2.52. The Bertz CT molecular complexity index is 1460. The van der Waals surface area contributed by atoms with Crippen molar-refractivity contribution in [1.82, 2.24) is 4.40 Å². The van der Waals surface area contributed by atoms with Crippen molar-refractivity contribution in [3.8, 4) is 0 Å². The molecule has 0 spiro atoms. The average molecular weight is 331 g/mol. The second-order valence-corrected chi connectivity index (χ2v) is 8.05. The van der Waals surface area contributed by atoms with Crippen molar-refractivity contribution in [2.75, 3.05) is 0 Å². The molecule has 1 atom stereocenters. The fourth-order valence-electron chi connectivity index (χ4n) is 5.49. The van der Waals surface area contributed by atoms with Gasteiger partial charge >= 0.3 is 0 Å². The number of allylic oxidation sites excluding steroid dienone is 3. The molecule has 5 aromatic rings. The van der Waals surface area contributed by atoms with Gasteiger partial charge in [-0.1, -0.05) is 61.5 Å². The first-order valence-electron chi connectivity index (χ1n) is 9.36. The summed E-state index contributed by atoms with van der Waals surface area (Å²) in [6.07, 6.45) is 8.18. The molecule has 0 saturated heterocycles. The van der Waals surface area contributed by atoms with Crippen molar-refractivity contribution in [1.29, 1.82) is 0 Å². The number of benzene rings is 3. The molecule has 0 saturated carbocycles. The van der Waals surface area contributed by atoms with Crippen molar-refractivity contribution in [3.05, 3.63) is 83.6 Å². The Morgan fingerprint density at radius 2 is 1.69 bits per heavy atom. The molecule has 2 heterocycles. The van der Waals surface area contributed by atoms with Crippen LogP contribution in [0.5, 0.6) is 0 Å². The lowest BCUT2D eigenvalue weighted by Crippen LogP contribution is -2.16. The summed E-state index contributed by atoms with van der Waals surface area (Å²) >= 11 is 0. The van der Waals surface area contributed by atoms with Crippen LogP contribution in [0.2, 0.25) is 0 Å². The molecule has 0 bridgehead atoms. The molecule has 0 radical (unpaired) electrons. The van der Waals surface area contributed by atoms with E-state index in [-0.39, 0.29) is 5.41 Å². The number of hydrogen-bond donors (Lipinski definition) is 0. The zero-order chi connectivity index (χ0) is 17.0. The van der Waals surface area contributed by atoms with Gasteiger partial charge in [-0.2, -0.15) is 0 Å². The minimum absolute atomic E-state index is 0.145. The van der Waals surface area contributed by atoms with Crippen LogP contribution in [0.1, 0.15) is 24.6 Å². The summed E-state index contributed by atoms with van der Waals surface area (Å²) in [7, 11) is 0. The van der Waals surface area contributed by atoms with E-state index in [0.717, 1.165) is 6.42 Å². The van der Waals surface area contributed by atoms with Crippen molar-refractivity contribution in [3.63, 3.8) is 0 Å². The minimum atomic E-state index is 0.145. The molecule has 7 rings (SSSR count). The molecule has 122 valence electrons. The monoisotopic (exact) mass is 331 g/mol. The highest BCUT2D eigenvalue weighted by Gasteiger charge is 2.42. The third-order valence-electron chi connectivity index (χ3n) is 6.73. The first-order chi connectivity index (χ1) is 12.8. The zero-order valence-electron chi connectivity index (χ0n) is 14.6. The molecule has 26 heavy (non-hydrogen) atoms. The molecular weight excluding hydrogens is 314 g/mol. The summed E-state index contributed by atoms with van der Waals surface area (Å²) in [6.45, 7) is 2.41. The first-order valence-corrected chi connectivity index (χ1v) is 9.36. The Kier molecular flexibility index (Phi) is 2.04. The summed E-state index contributed by atoms with van der Waals surface area (Å²) in [4.78, 5) is 0. The van der Waals surface area contributed by atoms with Gasteiger partial charge < -0.3 is 4.40 Å². The molecule has 0 fully saturated rings. The first kappa shape index (κ1) is 13.2. The SMILES string of the molecule is CC12CC=CC1=Cc1c2c2cccc3c4cc5ccccc5cc4n1c23. The fraction of sp³-hybridized carbons (Fsp3) is 0.120. The van der Waals surface area contributed by atoms with Crippen molar-refractivity contribution >= 4 is 44.0 Å². The lowest BCUT2D eigenvalue weighted by Gasteiger charge is -2.22. The number of para-hydroxylation sites is 1. The Labute approximate surface area is 151 Å². The van der Waals surface area contributed by atoms with Crippen LogP contribution in [0, 0.1) is 0 Å². The Morgan fingerprint density at radius 1 is 0.885 bits per heavy atom. The van der Waals surface area contributed by atoms with Crippen LogP contribution < -0.4 is 0 Å². The van der Waals surface area contributed by atoms with Gasteiger partial charge in [0.1, 0.15) is 0 Å². The van der Waals surface area contributed by atoms with Gasteiger partial charge in [0.2, 0.25) is 0 Å². The lowest BCUT2D eigenvalue weighted by atomic mass is 9.80. The lowest BCUT2D eigenvalue weighted by molar-refractivity contribution is 0.619. The summed E-state index contributed by atoms with van der Waals surface area (Å²) in [5, 5.41) is 6.79. The van der Waals surface area contributed by atoms with E-state index in [1.807, 2.05) is 0 Å². The third-order valence-corrected chi connectivity index (χ3v) is 6.73. The number of hydrogen-bond acceptors (Lipinski definition) is 0. The standard InChI is InChI=1S/C25H17N/c1-25-11-5-8-17(25)14-22-23(25)19-10-4-9-18-20-12-15-6-2-3-7-16(15)13-21(20)26(22)24(18)19/h2-10,12-14H,11H2,1H3. The van der Waals surface area contributed by atoms with Gasteiger partial charge in [-0.25, -0.2) is 0 Å². The molecule has 0 amide bonds. The zero-order valence-corrected chi connectivity index (χ0v) is 14.6. The Hall–Kier alpha value is -3.06. The van der Waals surface area contributed by atoms with Gasteiger partial charge in [0.05, 0.1) is 16.7 Å². The predicted octanol–water partition coefficient (Wildman–Crippen LogP) is 6.45. The number of aromatic nitrogens is 1. The maximum absolute atomic E-state index is 2.52. The Morgan fingerprint density at radius 3 is 2.58 bits per heavy atom. The van der Waals surface area contributed by atoms with E-state index < -0.39 is 0 Å². The van der Waals surface area contributed by atoms with Gasteiger partial charge in [-0.05, 0) is 46.5 Å². The maximum Gasteiger partial charge on any atom is 0.0617 e. The predicted molar refractivity (Wildman–Crippen MR) is 110 cm³/mol. The molecule has 0 N–H and O–H groups in total. The van der Waals surface area contributed by atoms with Crippen LogP contribution in [-0.4, -0.2) is 4.40 Å². The van der Waals surface area contributed by atoms with Crippen molar-refractivity contribution in [2.24, 2.45) is 0 Å². The second-order valence-electron chi connectivity index (χ2n) is 8.05. The van der Waals surface area contributed by atoms with E-state index in [1.54, 1.807) is 0 Å². The topological polar surface area (TPSA) is 4.41 Å². The molecule has 1 unspecified atom stereocenters. The van der Waals surface area contributed by atoms with Gasteiger partial charge in [0, 0.05) is 21.6 Å². The van der Waals surface area contributed by atoms with Crippen LogP contribution in [0.3, 0.4) is 0 Å². The number of fused-ring (bicyclic) bond motifs is 9. The number of nitrogens with zero attached hydrogens (tertiary/aromatic N) is 1. The molecule has 2 aliphatic carbocycles. The van der Waals surface area contributed by atoms with Gasteiger partial charge in [-0.15, -0.1) is 0 Å². The third kappa shape index (κ3) is 1.27. The normalized spacial score (nSPS) is 21.3. The molecule has 3 aromatic carbocycles. The Balaban J connectivity index is 1.78. The molecular formula is C25H17N. The van der Waals surface area contributed by atoms with Crippen LogP contribution in [0.4, 0.5) is 0 Å². The van der Waals surface area contributed by atoms with Crippen LogP contribution in [0.15, 0.2) is 72.3 Å². The van der Waals surface area contributed by atoms with Crippen LogP contribution in [-0.2, 0) is 5.41 Å². The minimum Gasteiger partial charge on any atom is -0.308 e. The highest BCUT2D eigenvalue weighted by Crippen LogP contribution is 2.53. The molecule has 0 aliphatic heterocycles. The molecule has 2 aliphatic rings. The van der Waals surface area contributed by atoms with Crippen LogP contribution >= 0.6 is 0 Å². The van der Waals surface area contributed by atoms with E-state index >= 15 is 0 Å². The smallest absolute Gasteiger partial charge is 0.0617 e. The van der Waals surface area contributed by atoms with E-state index in [0.29, 0.717) is 0 Å². The van der Waals surface area contributed by atoms with Gasteiger partial charge in [0.25, 0.3) is 0 Å². The van der Waals surface area contributed by atoms with Gasteiger partial charge in [-0.3, -0.25) is 0 Å². The molecule has 1 nitrogen and oxygen atoms in total. The van der Waals surface area contributed by atoms with E-state index in [4.69, 9.17) is 0 Å². The largest absolute Gasteiger partial charge is 0.308 e. The highest BCUT2D eigenvalue weighted by atomic mass is 14.9. The van der Waals surface area contributed by atoms with E-state index in [9.17, 15) is 0 Å². The van der Waals surface area contributed by atoms with Gasteiger partial charge in [0.15, 0.2) is 0 Å². The fourth-order valence-corrected chi connectivity index (χ4v) is 5.49. The second kappa shape index (κ2) is 4.02. The molecule has 2 aromatic heterocycles. The summed E-state index contributed by atoms with van der Waals surface area (Å²) in [5.74, 6) is 0. The summed E-state index contributed by atoms with van der Waals surface area (Å²) in [6, 6.07) is 20.3. The quantitative estimate of drug-likeness (QED) is 0.307. The van der Waals surface area contributed by atoms with Crippen LogP contribution in [0.25, 0.3) is 44.0 Å². The van der Waals surface area contributed by atoms with E-state index in [2.05, 4.69) is 84.1 Å². The van der Waals surface area contributed by atoms with Crippen molar-refractivity contribution < 1.29 is 0 Å². The van der Waals surface area contributed by atoms with E-state index in [1.165, 1.54) is 54.8 Å². The number of rotatable bonds is 0. The molecule has 1 heteroatoms. The average Bonchev–Trinajstić information content (AvgIpc) is 3.34.